The van der Waals surface area contributed by atoms with Crippen molar-refractivity contribution in [2.45, 2.75) is 12.8 Å². The second-order valence-corrected chi connectivity index (χ2v) is 6.03. The average molecular weight is 316 g/mol. The fourth-order valence-electron chi connectivity index (χ4n) is 3.00. The zero-order valence-corrected chi connectivity index (χ0v) is 13.2. The minimum absolute atomic E-state index is 0.0629. The van der Waals surface area contributed by atoms with E-state index < -0.39 is 0 Å². The Hall–Kier alpha value is -2.30. The van der Waals surface area contributed by atoms with E-state index in [2.05, 4.69) is 0 Å². The van der Waals surface area contributed by atoms with E-state index in [1.807, 2.05) is 34.8 Å². The van der Waals surface area contributed by atoms with Gasteiger partial charge in [0.25, 0.3) is 5.91 Å². The lowest BCUT2D eigenvalue weighted by Crippen LogP contribution is -2.42. The van der Waals surface area contributed by atoms with Crippen LogP contribution in [0.15, 0.2) is 42.6 Å². The van der Waals surface area contributed by atoms with Gasteiger partial charge in [0.15, 0.2) is 0 Å². The largest absolute Gasteiger partial charge is 0.493 e. The number of rotatable bonds is 4. The predicted molar refractivity (Wildman–Crippen MR) is 85.9 cm³/mol. The maximum Gasteiger partial charge on any atom is 0.270 e. The number of hydrogen-bond donors (Lipinski definition) is 0. The number of carbonyl (C=O) groups excluding carboxylic acids is 1. The summed E-state index contributed by atoms with van der Waals surface area (Å²) in [6.07, 6.45) is 3.86. The SMILES string of the molecule is Cn1cccc1C(=O)N1CCCC(COc2cccc(F)c2)C1. The van der Waals surface area contributed by atoms with Crippen LogP contribution in [-0.4, -0.2) is 35.1 Å². The molecule has 122 valence electrons. The predicted octanol–water partition coefficient (Wildman–Crippen LogP) is 3.10. The molecule has 4 nitrogen and oxygen atoms in total. The van der Waals surface area contributed by atoms with Gasteiger partial charge in [0, 0.05) is 38.3 Å². The van der Waals surface area contributed by atoms with Crippen LogP contribution in [0.1, 0.15) is 23.3 Å². The minimum Gasteiger partial charge on any atom is -0.493 e. The molecule has 1 aromatic carbocycles. The molecule has 0 bridgehead atoms. The number of piperidine rings is 1. The van der Waals surface area contributed by atoms with Gasteiger partial charge in [-0.2, -0.15) is 0 Å². The number of nitrogens with zero attached hydrogens (tertiary/aromatic N) is 2. The molecule has 1 aromatic heterocycles. The molecule has 23 heavy (non-hydrogen) atoms. The number of likely N-dealkylation sites (tertiary alicyclic amines) is 1. The fourth-order valence-corrected chi connectivity index (χ4v) is 3.00. The maximum absolute atomic E-state index is 13.2. The number of halogens is 1. The Kier molecular flexibility index (Phi) is 4.65. The second-order valence-electron chi connectivity index (χ2n) is 6.03. The molecule has 0 N–H and O–H groups in total. The Morgan fingerprint density at radius 2 is 2.22 bits per heavy atom. The van der Waals surface area contributed by atoms with E-state index in [0.29, 0.717) is 24.6 Å². The molecule has 1 atom stereocenters. The zero-order valence-electron chi connectivity index (χ0n) is 13.2. The van der Waals surface area contributed by atoms with Gasteiger partial charge in [-0.3, -0.25) is 4.79 Å². The van der Waals surface area contributed by atoms with Crippen LogP contribution in [0, 0.1) is 11.7 Å². The Morgan fingerprint density at radius 3 is 2.96 bits per heavy atom. The highest BCUT2D eigenvalue weighted by Gasteiger charge is 2.26. The summed E-state index contributed by atoms with van der Waals surface area (Å²) in [5, 5.41) is 0. The first kappa shape index (κ1) is 15.6. The number of carbonyl (C=O) groups is 1. The van der Waals surface area contributed by atoms with Crippen molar-refractivity contribution >= 4 is 5.91 Å². The normalized spacial score (nSPS) is 18.0. The van der Waals surface area contributed by atoms with E-state index in [4.69, 9.17) is 4.74 Å². The van der Waals surface area contributed by atoms with Crippen molar-refractivity contribution in [1.29, 1.82) is 0 Å². The van der Waals surface area contributed by atoms with Gasteiger partial charge in [-0.15, -0.1) is 0 Å². The van der Waals surface area contributed by atoms with Crippen LogP contribution in [0.25, 0.3) is 0 Å². The molecule has 1 aliphatic rings. The van der Waals surface area contributed by atoms with Crippen LogP contribution in [-0.2, 0) is 7.05 Å². The summed E-state index contributed by atoms with van der Waals surface area (Å²) >= 11 is 0. The third-order valence-corrected chi connectivity index (χ3v) is 4.25. The van der Waals surface area contributed by atoms with Crippen molar-refractivity contribution in [2.24, 2.45) is 13.0 Å². The summed E-state index contributed by atoms with van der Waals surface area (Å²) in [6, 6.07) is 9.88. The molecule has 2 heterocycles. The minimum atomic E-state index is -0.299. The molecule has 1 unspecified atom stereocenters. The molecule has 1 fully saturated rings. The smallest absolute Gasteiger partial charge is 0.270 e. The quantitative estimate of drug-likeness (QED) is 0.869. The van der Waals surface area contributed by atoms with E-state index in [-0.39, 0.29) is 17.6 Å². The van der Waals surface area contributed by atoms with Crippen LogP contribution in [0.3, 0.4) is 0 Å². The monoisotopic (exact) mass is 316 g/mol. The first-order valence-electron chi connectivity index (χ1n) is 7.92. The number of ether oxygens (including phenoxy) is 1. The lowest BCUT2D eigenvalue weighted by Gasteiger charge is -2.32. The van der Waals surface area contributed by atoms with Crippen molar-refractivity contribution in [3.8, 4) is 5.75 Å². The number of aromatic nitrogens is 1. The standard InChI is InChI=1S/C18H21FN2O2/c1-20-9-4-8-17(20)18(22)21-10-3-5-14(12-21)13-23-16-7-2-6-15(19)11-16/h2,4,6-9,11,14H,3,5,10,12-13H2,1H3. The van der Waals surface area contributed by atoms with Crippen LogP contribution in [0.4, 0.5) is 4.39 Å². The maximum atomic E-state index is 13.2. The van der Waals surface area contributed by atoms with E-state index in [1.54, 1.807) is 12.1 Å². The second kappa shape index (κ2) is 6.86. The van der Waals surface area contributed by atoms with Gasteiger partial charge in [-0.25, -0.2) is 4.39 Å². The molecular formula is C18H21FN2O2. The average Bonchev–Trinajstić information content (AvgIpc) is 2.99. The number of benzene rings is 1. The Labute approximate surface area is 135 Å². The zero-order chi connectivity index (χ0) is 16.2. The van der Waals surface area contributed by atoms with Crippen molar-refractivity contribution in [2.75, 3.05) is 19.7 Å². The van der Waals surface area contributed by atoms with Crippen LogP contribution >= 0.6 is 0 Å². The molecular weight excluding hydrogens is 295 g/mol. The third-order valence-electron chi connectivity index (χ3n) is 4.25. The van der Waals surface area contributed by atoms with E-state index in [0.717, 1.165) is 19.4 Å². The molecule has 1 aliphatic heterocycles. The first-order valence-corrected chi connectivity index (χ1v) is 7.92. The van der Waals surface area contributed by atoms with Gasteiger partial charge in [0.2, 0.25) is 0 Å². The van der Waals surface area contributed by atoms with Crippen molar-refractivity contribution in [3.63, 3.8) is 0 Å². The molecule has 0 aliphatic carbocycles. The third kappa shape index (κ3) is 3.73. The molecule has 0 saturated carbocycles. The van der Waals surface area contributed by atoms with Crippen molar-refractivity contribution in [3.05, 3.63) is 54.1 Å². The molecule has 1 amide bonds. The summed E-state index contributed by atoms with van der Waals surface area (Å²) < 4.78 is 20.7. The van der Waals surface area contributed by atoms with E-state index in [1.165, 1.54) is 12.1 Å². The Bertz CT molecular complexity index is 683. The molecule has 0 spiro atoms. The Morgan fingerprint density at radius 1 is 1.35 bits per heavy atom. The van der Waals surface area contributed by atoms with Gasteiger partial charge in [-0.05, 0) is 37.1 Å². The highest BCUT2D eigenvalue weighted by atomic mass is 19.1. The van der Waals surface area contributed by atoms with Gasteiger partial charge in [0.1, 0.15) is 17.3 Å². The highest BCUT2D eigenvalue weighted by Crippen LogP contribution is 2.21. The fraction of sp³-hybridized carbons (Fsp3) is 0.389. The van der Waals surface area contributed by atoms with Gasteiger partial charge in [0.05, 0.1) is 6.61 Å². The molecule has 3 rings (SSSR count). The Balaban J connectivity index is 1.58. The number of amides is 1. The highest BCUT2D eigenvalue weighted by molar-refractivity contribution is 5.92. The topological polar surface area (TPSA) is 34.5 Å². The summed E-state index contributed by atoms with van der Waals surface area (Å²) in [6.45, 7) is 1.96. The molecule has 1 saturated heterocycles. The van der Waals surface area contributed by atoms with Crippen molar-refractivity contribution in [1.82, 2.24) is 9.47 Å². The van der Waals surface area contributed by atoms with Gasteiger partial charge < -0.3 is 14.2 Å². The number of aryl methyl sites for hydroxylation is 1. The lowest BCUT2D eigenvalue weighted by atomic mass is 9.98. The first-order chi connectivity index (χ1) is 11.1. The van der Waals surface area contributed by atoms with Crippen molar-refractivity contribution < 1.29 is 13.9 Å². The van der Waals surface area contributed by atoms with Crippen LogP contribution < -0.4 is 4.74 Å². The van der Waals surface area contributed by atoms with E-state index >= 15 is 0 Å². The van der Waals surface area contributed by atoms with Crippen LogP contribution in [0.2, 0.25) is 0 Å². The van der Waals surface area contributed by atoms with Gasteiger partial charge >= 0.3 is 0 Å². The van der Waals surface area contributed by atoms with E-state index in [9.17, 15) is 9.18 Å². The van der Waals surface area contributed by atoms with Crippen LogP contribution in [0.5, 0.6) is 5.75 Å². The molecule has 0 radical (unpaired) electrons. The molecule has 2 aromatic rings. The molecule has 5 heteroatoms. The summed E-state index contributed by atoms with van der Waals surface area (Å²) in [7, 11) is 1.88. The lowest BCUT2D eigenvalue weighted by molar-refractivity contribution is 0.0624. The summed E-state index contributed by atoms with van der Waals surface area (Å²) in [5.41, 5.74) is 0.705. The number of hydrogen-bond acceptors (Lipinski definition) is 2. The summed E-state index contributed by atoms with van der Waals surface area (Å²) in [4.78, 5) is 14.4. The van der Waals surface area contributed by atoms with Gasteiger partial charge in [-0.1, -0.05) is 6.07 Å². The summed E-state index contributed by atoms with van der Waals surface area (Å²) in [5.74, 6) is 0.576.